The molecular weight excluding hydrogens is 258 g/mol. The van der Waals surface area contributed by atoms with Gasteiger partial charge in [0.2, 0.25) is 5.91 Å². The van der Waals surface area contributed by atoms with E-state index >= 15 is 0 Å². The maximum Gasteiger partial charge on any atom is 0.339 e. The summed E-state index contributed by atoms with van der Waals surface area (Å²) >= 11 is 0. The molecular formula is C15H23NO4. The average molecular weight is 281 g/mol. The van der Waals surface area contributed by atoms with E-state index in [1.165, 1.54) is 6.07 Å². The first-order valence-corrected chi connectivity index (χ1v) is 6.79. The first-order valence-electron chi connectivity index (χ1n) is 6.79. The van der Waals surface area contributed by atoms with Crippen LogP contribution in [-0.2, 0) is 11.3 Å². The molecule has 1 atom stereocenters. The molecule has 112 valence electrons. The highest BCUT2D eigenvalue weighted by molar-refractivity contribution is 5.88. The molecule has 0 aromatic carbocycles. The highest BCUT2D eigenvalue weighted by Crippen LogP contribution is 2.18. The van der Waals surface area contributed by atoms with E-state index in [9.17, 15) is 9.59 Å². The fraction of sp³-hybridized carbons (Fsp3) is 0.600. The lowest BCUT2D eigenvalue weighted by Crippen LogP contribution is -2.28. The van der Waals surface area contributed by atoms with E-state index in [-0.39, 0.29) is 18.0 Å². The summed E-state index contributed by atoms with van der Waals surface area (Å²) in [5.74, 6) is 0.656. The second-order valence-corrected chi connectivity index (χ2v) is 5.66. The van der Waals surface area contributed by atoms with E-state index in [2.05, 4.69) is 20.8 Å². The molecule has 1 aromatic heterocycles. The molecule has 1 amide bonds. The van der Waals surface area contributed by atoms with Crippen LogP contribution in [0.15, 0.2) is 10.5 Å². The van der Waals surface area contributed by atoms with Crippen molar-refractivity contribution < 1.29 is 19.1 Å². The van der Waals surface area contributed by atoms with Crippen molar-refractivity contribution in [3.63, 3.8) is 0 Å². The molecule has 1 aromatic rings. The summed E-state index contributed by atoms with van der Waals surface area (Å²) in [6.07, 6.45) is 0.486. The summed E-state index contributed by atoms with van der Waals surface area (Å²) in [5, 5.41) is 8.96. The molecule has 5 heteroatoms. The number of rotatable bonds is 6. The topological polar surface area (TPSA) is 70.8 Å². The van der Waals surface area contributed by atoms with Crippen molar-refractivity contribution in [3.05, 3.63) is 23.2 Å². The van der Waals surface area contributed by atoms with Gasteiger partial charge in [0.05, 0.1) is 6.54 Å². The Morgan fingerprint density at radius 3 is 2.40 bits per heavy atom. The number of amides is 1. The van der Waals surface area contributed by atoms with Gasteiger partial charge >= 0.3 is 5.97 Å². The van der Waals surface area contributed by atoms with Crippen molar-refractivity contribution >= 4 is 11.9 Å². The molecule has 0 saturated carbocycles. The standard InChI is InChI=1S/C15H23NO4/c1-9(2)10(3)6-14(17)16(5)8-12-7-13(15(18)19)11(4)20-12/h7,9-10H,6,8H2,1-5H3,(H,18,19). The van der Waals surface area contributed by atoms with Crippen LogP contribution in [0, 0.1) is 18.8 Å². The number of furan rings is 1. The van der Waals surface area contributed by atoms with Crippen molar-refractivity contribution in [3.8, 4) is 0 Å². The quantitative estimate of drug-likeness (QED) is 0.870. The highest BCUT2D eigenvalue weighted by atomic mass is 16.4. The Labute approximate surface area is 119 Å². The number of carbonyl (C=O) groups excluding carboxylic acids is 1. The number of carbonyl (C=O) groups is 2. The summed E-state index contributed by atoms with van der Waals surface area (Å²) < 4.78 is 5.37. The minimum Gasteiger partial charge on any atom is -0.478 e. The van der Waals surface area contributed by atoms with Gasteiger partial charge < -0.3 is 14.4 Å². The van der Waals surface area contributed by atoms with Crippen molar-refractivity contribution in [2.24, 2.45) is 11.8 Å². The fourth-order valence-corrected chi connectivity index (χ4v) is 1.82. The predicted molar refractivity (Wildman–Crippen MR) is 75.5 cm³/mol. The Morgan fingerprint density at radius 1 is 1.35 bits per heavy atom. The zero-order chi connectivity index (χ0) is 15.4. The highest BCUT2D eigenvalue weighted by Gasteiger charge is 2.19. The van der Waals surface area contributed by atoms with E-state index in [1.54, 1.807) is 18.9 Å². The molecule has 20 heavy (non-hydrogen) atoms. The van der Waals surface area contributed by atoms with Crippen LogP contribution in [0.5, 0.6) is 0 Å². The Bertz CT molecular complexity index is 490. The lowest BCUT2D eigenvalue weighted by atomic mass is 9.94. The number of carboxylic acid groups (broad SMARTS) is 1. The van der Waals surface area contributed by atoms with Gasteiger partial charge in [0, 0.05) is 13.5 Å². The molecule has 1 rings (SSSR count). The van der Waals surface area contributed by atoms with E-state index in [4.69, 9.17) is 9.52 Å². The molecule has 0 bridgehead atoms. The molecule has 0 spiro atoms. The summed E-state index contributed by atoms with van der Waals surface area (Å²) in [6.45, 7) is 8.13. The molecule has 0 aliphatic rings. The van der Waals surface area contributed by atoms with Crippen molar-refractivity contribution in [1.29, 1.82) is 0 Å². The maximum absolute atomic E-state index is 12.1. The van der Waals surface area contributed by atoms with Gasteiger partial charge in [-0.15, -0.1) is 0 Å². The van der Waals surface area contributed by atoms with E-state index in [0.717, 1.165) is 0 Å². The molecule has 1 unspecified atom stereocenters. The lowest BCUT2D eigenvalue weighted by molar-refractivity contribution is -0.131. The van der Waals surface area contributed by atoms with E-state index < -0.39 is 5.97 Å². The molecule has 0 radical (unpaired) electrons. The number of hydrogen-bond donors (Lipinski definition) is 1. The van der Waals surface area contributed by atoms with Gasteiger partial charge in [0.25, 0.3) is 0 Å². The molecule has 0 aliphatic carbocycles. The molecule has 1 heterocycles. The Kier molecular flexibility index (Phi) is 5.36. The van der Waals surface area contributed by atoms with Gasteiger partial charge in [-0.1, -0.05) is 20.8 Å². The van der Waals surface area contributed by atoms with Crippen molar-refractivity contribution in [2.75, 3.05) is 7.05 Å². The fourth-order valence-electron chi connectivity index (χ4n) is 1.82. The summed E-state index contributed by atoms with van der Waals surface area (Å²) in [4.78, 5) is 24.6. The van der Waals surface area contributed by atoms with Gasteiger partial charge in [-0.05, 0) is 24.8 Å². The Balaban J connectivity index is 2.66. The third-order valence-electron chi connectivity index (χ3n) is 3.65. The smallest absolute Gasteiger partial charge is 0.339 e. The van der Waals surface area contributed by atoms with Crippen LogP contribution in [0.4, 0.5) is 0 Å². The number of hydrogen-bond acceptors (Lipinski definition) is 3. The van der Waals surface area contributed by atoms with Crippen molar-refractivity contribution in [1.82, 2.24) is 4.90 Å². The van der Waals surface area contributed by atoms with Crippen LogP contribution in [-0.4, -0.2) is 28.9 Å². The first-order chi connectivity index (χ1) is 9.22. The van der Waals surface area contributed by atoms with Gasteiger partial charge in [-0.3, -0.25) is 4.79 Å². The monoisotopic (exact) mass is 281 g/mol. The van der Waals surface area contributed by atoms with Crippen molar-refractivity contribution in [2.45, 2.75) is 40.7 Å². The summed E-state index contributed by atoms with van der Waals surface area (Å²) in [7, 11) is 1.70. The molecule has 0 fully saturated rings. The Hall–Kier alpha value is -1.78. The Morgan fingerprint density at radius 2 is 1.95 bits per heavy atom. The van der Waals surface area contributed by atoms with Crippen LogP contribution in [0.3, 0.4) is 0 Å². The lowest BCUT2D eigenvalue weighted by Gasteiger charge is -2.20. The number of aryl methyl sites for hydroxylation is 1. The molecule has 0 aliphatic heterocycles. The van der Waals surface area contributed by atoms with E-state index in [1.807, 2.05) is 0 Å². The molecule has 1 N–H and O–H groups in total. The summed E-state index contributed by atoms with van der Waals surface area (Å²) in [6, 6.07) is 1.48. The van der Waals surface area contributed by atoms with Gasteiger partial charge in [-0.2, -0.15) is 0 Å². The SMILES string of the molecule is Cc1oc(CN(C)C(=O)CC(C)C(C)C)cc1C(=O)O. The van der Waals surface area contributed by atoms with Crippen LogP contribution in [0.1, 0.15) is 49.1 Å². The number of nitrogens with zero attached hydrogens (tertiary/aromatic N) is 1. The zero-order valence-electron chi connectivity index (χ0n) is 12.8. The van der Waals surface area contributed by atoms with Crippen LogP contribution < -0.4 is 0 Å². The third kappa shape index (κ3) is 4.11. The minimum atomic E-state index is -1.01. The second kappa shape index (κ2) is 6.59. The van der Waals surface area contributed by atoms with Gasteiger partial charge in [-0.25, -0.2) is 4.79 Å². The first kappa shape index (κ1) is 16.3. The summed E-state index contributed by atoms with van der Waals surface area (Å²) in [5.41, 5.74) is 0.149. The average Bonchev–Trinajstić information content (AvgIpc) is 2.69. The van der Waals surface area contributed by atoms with Gasteiger partial charge in [0.1, 0.15) is 17.1 Å². The second-order valence-electron chi connectivity index (χ2n) is 5.66. The molecule has 0 saturated heterocycles. The largest absolute Gasteiger partial charge is 0.478 e. The minimum absolute atomic E-state index is 0.0390. The maximum atomic E-state index is 12.1. The van der Waals surface area contributed by atoms with Crippen LogP contribution in [0.25, 0.3) is 0 Å². The predicted octanol–water partition coefficient (Wildman–Crippen LogP) is 2.93. The molecule has 5 nitrogen and oxygen atoms in total. The van der Waals surface area contributed by atoms with Crippen LogP contribution in [0.2, 0.25) is 0 Å². The van der Waals surface area contributed by atoms with Crippen LogP contribution >= 0.6 is 0 Å². The zero-order valence-corrected chi connectivity index (χ0v) is 12.8. The third-order valence-corrected chi connectivity index (χ3v) is 3.65. The van der Waals surface area contributed by atoms with E-state index in [0.29, 0.717) is 29.8 Å². The number of aromatic carboxylic acids is 1. The van der Waals surface area contributed by atoms with Gasteiger partial charge in [0.15, 0.2) is 0 Å². The number of carboxylic acids is 1. The normalized spacial score (nSPS) is 12.5.